The molecular formula is C16H32. The molecular weight excluding hydrogens is 192 g/mol. The molecule has 0 aromatic rings. The van der Waals surface area contributed by atoms with Gasteiger partial charge in [0.05, 0.1) is 0 Å². The Morgan fingerprint density at radius 3 is 1.94 bits per heavy atom. The van der Waals surface area contributed by atoms with Crippen molar-refractivity contribution >= 4 is 0 Å². The fourth-order valence-electron chi connectivity index (χ4n) is 2.72. The number of hydrogen-bond donors (Lipinski definition) is 0. The molecule has 0 aliphatic heterocycles. The van der Waals surface area contributed by atoms with Gasteiger partial charge in [-0.1, -0.05) is 53.2 Å². The molecule has 0 aliphatic carbocycles. The Labute approximate surface area is 104 Å². The third-order valence-corrected chi connectivity index (χ3v) is 3.71. The highest BCUT2D eigenvalue weighted by atomic mass is 14.2. The van der Waals surface area contributed by atoms with Crippen LogP contribution in [0.1, 0.15) is 67.2 Å². The lowest BCUT2D eigenvalue weighted by molar-refractivity contribution is 0.318. The average molecular weight is 224 g/mol. The van der Waals surface area contributed by atoms with Gasteiger partial charge in [0.25, 0.3) is 0 Å². The van der Waals surface area contributed by atoms with E-state index in [1.165, 1.54) is 31.3 Å². The van der Waals surface area contributed by atoms with Crippen LogP contribution >= 0.6 is 0 Å². The molecule has 2 atom stereocenters. The van der Waals surface area contributed by atoms with Crippen molar-refractivity contribution in [2.24, 2.45) is 23.7 Å². The minimum absolute atomic E-state index is 0.723. The maximum Gasteiger partial charge on any atom is -0.0185 e. The van der Waals surface area contributed by atoms with Gasteiger partial charge in [-0.05, 0) is 49.9 Å². The normalized spacial score (nSPS) is 15.5. The predicted octanol–water partition coefficient (Wildman–Crippen LogP) is 5.69. The third-order valence-electron chi connectivity index (χ3n) is 3.71. The van der Waals surface area contributed by atoms with Gasteiger partial charge in [-0.15, -0.1) is 0 Å². The summed E-state index contributed by atoms with van der Waals surface area (Å²) in [6.07, 6.45) is 5.43. The van der Waals surface area contributed by atoms with Crippen molar-refractivity contribution in [2.75, 3.05) is 0 Å². The van der Waals surface area contributed by atoms with Gasteiger partial charge in [0.1, 0.15) is 0 Å². The van der Waals surface area contributed by atoms with E-state index in [0.717, 1.165) is 23.7 Å². The minimum atomic E-state index is 0.723. The average Bonchev–Trinajstić information content (AvgIpc) is 2.14. The molecule has 0 aliphatic rings. The highest BCUT2D eigenvalue weighted by molar-refractivity contribution is 4.97. The van der Waals surface area contributed by atoms with Crippen LogP contribution in [0.15, 0.2) is 12.2 Å². The summed E-state index contributed by atoms with van der Waals surface area (Å²) >= 11 is 0. The summed E-state index contributed by atoms with van der Waals surface area (Å²) in [5.74, 6) is 3.23. The molecule has 0 bridgehead atoms. The predicted molar refractivity (Wildman–Crippen MR) is 75.6 cm³/mol. The molecule has 0 saturated carbocycles. The van der Waals surface area contributed by atoms with E-state index >= 15 is 0 Å². The van der Waals surface area contributed by atoms with Gasteiger partial charge in [0, 0.05) is 0 Å². The van der Waals surface area contributed by atoms with Gasteiger partial charge in [-0.2, -0.15) is 0 Å². The SMILES string of the molecule is C=C(C)C(CCC(CC)CC(C)C)C(C)C. The molecule has 0 aromatic carbocycles. The molecule has 0 heterocycles. The first kappa shape index (κ1) is 15.7. The molecule has 0 rings (SSSR count). The van der Waals surface area contributed by atoms with Gasteiger partial charge in [-0.25, -0.2) is 0 Å². The van der Waals surface area contributed by atoms with Crippen molar-refractivity contribution in [3.63, 3.8) is 0 Å². The summed E-state index contributed by atoms with van der Waals surface area (Å²) in [6.45, 7) is 18.0. The summed E-state index contributed by atoms with van der Waals surface area (Å²) in [7, 11) is 0. The molecule has 16 heavy (non-hydrogen) atoms. The topological polar surface area (TPSA) is 0 Å². The first-order chi connectivity index (χ1) is 7.38. The highest BCUT2D eigenvalue weighted by Crippen LogP contribution is 2.29. The molecule has 0 radical (unpaired) electrons. The number of hydrogen-bond acceptors (Lipinski definition) is 0. The second-order valence-electron chi connectivity index (χ2n) is 6.18. The summed E-state index contributed by atoms with van der Waals surface area (Å²) in [6, 6.07) is 0. The summed E-state index contributed by atoms with van der Waals surface area (Å²) in [5, 5.41) is 0. The van der Waals surface area contributed by atoms with Crippen LogP contribution in [0.3, 0.4) is 0 Å². The second kappa shape index (κ2) is 7.92. The molecule has 0 aromatic heterocycles. The minimum Gasteiger partial charge on any atom is -0.0999 e. The summed E-state index contributed by atoms with van der Waals surface area (Å²) < 4.78 is 0. The molecule has 0 amide bonds. The van der Waals surface area contributed by atoms with Crippen LogP contribution in [0.4, 0.5) is 0 Å². The molecule has 0 N–H and O–H groups in total. The maximum atomic E-state index is 4.14. The van der Waals surface area contributed by atoms with E-state index in [4.69, 9.17) is 0 Å². The van der Waals surface area contributed by atoms with Crippen LogP contribution in [0, 0.1) is 23.7 Å². The standard InChI is InChI=1S/C16H32/c1-8-15(11-12(2)3)9-10-16(13(4)5)14(6)7/h12,14-16H,4,8-11H2,1-3,5-7H3. The second-order valence-corrected chi connectivity index (χ2v) is 6.18. The fourth-order valence-corrected chi connectivity index (χ4v) is 2.72. The lowest BCUT2D eigenvalue weighted by atomic mass is 9.81. The Morgan fingerprint density at radius 2 is 1.62 bits per heavy atom. The van der Waals surface area contributed by atoms with Crippen molar-refractivity contribution in [3.8, 4) is 0 Å². The fraction of sp³-hybridized carbons (Fsp3) is 0.875. The van der Waals surface area contributed by atoms with Crippen molar-refractivity contribution in [3.05, 3.63) is 12.2 Å². The first-order valence-corrected chi connectivity index (χ1v) is 7.03. The molecule has 96 valence electrons. The zero-order valence-corrected chi connectivity index (χ0v) is 12.3. The van der Waals surface area contributed by atoms with E-state index in [1.807, 2.05) is 0 Å². The van der Waals surface area contributed by atoms with E-state index in [1.54, 1.807) is 0 Å². The van der Waals surface area contributed by atoms with Crippen LogP contribution in [0.25, 0.3) is 0 Å². The van der Waals surface area contributed by atoms with Crippen LogP contribution in [-0.4, -0.2) is 0 Å². The van der Waals surface area contributed by atoms with Crippen molar-refractivity contribution in [1.82, 2.24) is 0 Å². The maximum absolute atomic E-state index is 4.14. The van der Waals surface area contributed by atoms with Gasteiger partial charge >= 0.3 is 0 Å². The smallest absolute Gasteiger partial charge is 0.0185 e. The van der Waals surface area contributed by atoms with Gasteiger partial charge < -0.3 is 0 Å². The molecule has 0 nitrogen and oxygen atoms in total. The lowest BCUT2D eigenvalue weighted by Gasteiger charge is -2.24. The van der Waals surface area contributed by atoms with E-state index in [0.29, 0.717) is 0 Å². The van der Waals surface area contributed by atoms with Gasteiger partial charge in [-0.3, -0.25) is 0 Å². The Bertz CT molecular complexity index is 188. The van der Waals surface area contributed by atoms with E-state index < -0.39 is 0 Å². The van der Waals surface area contributed by atoms with Crippen molar-refractivity contribution in [1.29, 1.82) is 0 Å². The first-order valence-electron chi connectivity index (χ1n) is 7.03. The lowest BCUT2D eigenvalue weighted by Crippen LogP contribution is -2.13. The van der Waals surface area contributed by atoms with Gasteiger partial charge in [0.2, 0.25) is 0 Å². The van der Waals surface area contributed by atoms with Crippen LogP contribution in [-0.2, 0) is 0 Å². The Balaban J connectivity index is 4.11. The quantitative estimate of drug-likeness (QED) is 0.465. The highest BCUT2D eigenvalue weighted by Gasteiger charge is 2.16. The number of rotatable bonds is 8. The van der Waals surface area contributed by atoms with Crippen LogP contribution in [0.2, 0.25) is 0 Å². The molecule has 0 spiro atoms. The largest absolute Gasteiger partial charge is 0.0999 e. The van der Waals surface area contributed by atoms with Crippen molar-refractivity contribution in [2.45, 2.75) is 67.2 Å². The molecule has 2 unspecified atom stereocenters. The van der Waals surface area contributed by atoms with Crippen LogP contribution < -0.4 is 0 Å². The van der Waals surface area contributed by atoms with Gasteiger partial charge in [0.15, 0.2) is 0 Å². The summed E-state index contributed by atoms with van der Waals surface area (Å²) in [5.41, 5.74) is 1.37. The zero-order chi connectivity index (χ0) is 12.7. The van der Waals surface area contributed by atoms with E-state index in [9.17, 15) is 0 Å². The zero-order valence-electron chi connectivity index (χ0n) is 12.3. The Hall–Kier alpha value is -0.260. The molecule has 0 heteroatoms. The van der Waals surface area contributed by atoms with E-state index in [2.05, 4.69) is 48.1 Å². The van der Waals surface area contributed by atoms with Crippen LogP contribution in [0.5, 0.6) is 0 Å². The molecule has 0 saturated heterocycles. The van der Waals surface area contributed by atoms with Crippen molar-refractivity contribution < 1.29 is 0 Å². The Kier molecular flexibility index (Phi) is 7.80. The monoisotopic (exact) mass is 224 g/mol. The summed E-state index contributed by atoms with van der Waals surface area (Å²) in [4.78, 5) is 0. The Morgan fingerprint density at radius 1 is 1.06 bits per heavy atom. The third kappa shape index (κ3) is 6.35. The molecule has 0 fully saturated rings. The number of allylic oxidation sites excluding steroid dienone is 1. The van der Waals surface area contributed by atoms with E-state index in [-0.39, 0.29) is 0 Å².